The van der Waals surface area contributed by atoms with Crippen LogP contribution in [0.25, 0.3) is 0 Å². The molecule has 4 nitrogen and oxygen atoms in total. The molecule has 1 saturated heterocycles. The van der Waals surface area contributed by atoms with Crippen LogP contribution >= 0.6 is 0 Å². The Morgan fingerprint density at radius 1 is 1.29 bits per heavy atom. The number of anilines is 1. The molecule has 0 atom stereocenters. The van der Waals surface area contributed by atoms with Crippen molar-refractivity contribution in [1.82, 2.24) is 4.90 Å². The Hall–Kier alpha value is -1.55. The minimum absolute atomic E-state index is 0.0551. The number of hydrogen-bond donors (Lipinski definition) is 2. The normalized spacial score (nSPS) is 16.9. The van der Waals surface area contributed by atoms with E-state index in [1.165, 1.54) is 0 Å². The number of hydrogen-bond acceptors (Lipinski definition) is 3. The van der Waals surface area contributed by atoms with Gasteiger partial charge in [-0.05, 0) is 37.1 Å². The number of aliphatic hydroxyl groups excluding tert-OH is 1. The molecule has 1 heterocycles. The highest BCUT2D eigenvalue weighted by Crippen LogP contribution is 2.15. The lowest BCUT2D eigenvalue weighted by Crippen LogP contribution is -2.40. The Morgan fingerprint density at radius 2 is 1.88 bits per heavy atom. The first kappa shape index (κ1) is 11.9. The minimum Gasteiger partial charge on any atom is -0.393 e. The Morgan fingerprint density at radius 3 is 2.41 bits per heavy atom. The molecule has 2 rings (SSSR count). The van der Waals surface area contributed by atoms with Crippen LogP contribution in [0.15, 0.2) is 24.3 Å². The fraction of sp³-hybridized carbons (Fsp3) is 0.462. The number of carbonyl (C=O) groups excluding carboxylic acids is 1. The predicted octanol–water partition coefficient (Wildman–Crippen LogP) is 1.33. The highest BCUT2D eigenvalue weighted by molar-refractivity contribution is 5.94. The lowest BCUT2D eigenvalue weighted by atomic mass is 10.1. The van der Waals surface area contributed by atoms with Crippen LogP contribution in [0.1, 0.15) is 23.2 Å². The number of nitrogens with zero attached hydrogens (tertiary/aromatic N) is 1. The summed E-state index contributed by atoms with van der Waals surface area (Å²) in [7, 11) is 1.85. The Labute approximate surface area is 101 Å². The molecule has 1 amide bonds. The van der Waals surface area contributed by atoms with Gasteiger partial charge in [0.2, 0.25) is 0 Å². The summed E-state index contributed by atoms with van der Waals surface area (Å²) in [4.78, 5) is 13.9. The summed E-state index contributed by atoms with van der Waals surface area (Å²) in [6, 6.07) is 7.45. The maximum atomic E-state index is 12.1. The molecule has 1 aromatic rings. The number of aliphatic hydroxyl groups is 1. The zero-order chi connectivity index (χ0) is 12.3. The van der Waals surface area contributed by atoms with E-state index in [1.54, 1.807) is 4.90 Å². The first-order valence-electron chi connectivity index (χ1n) is 5.96. The van der Waals surface area contributed by atoms with Gasteiger partial charge in [-0.1, -0.05) is 0 Å². The minimum atomic E-state index is -0.245. The predicted molar refractivity (Wildman–Crippen MR) is 67.1 cm³/mol. The monoisotopic (exact) mass is 234 g/mol. The number of likely N-dealkylation sites (tertiary alicyclic amines) is 1. The van der Waals surface area contributed by atoms with Crippen molar-refractivity contribution in [2.45, 2.75) is 18.9 Å². The number of benzene rings is 1. The third-order valence-electron chi connectivity index (χ3n) is 3.17. The van der Waals surface area contributed by atoms with E-state index in [2.05, 4.69) is 5.32 Å². The third-order valence-corrected chi connectivity index (χ3v) is 3.17. The first-order chi connectivity index (χ1) is 8.20. The van der Waals surface area contributed by atoms with Crippen molar-refractivity contribution >= 4 is 11.6 Å². The molecule has 1 aliphatic heterocycles. The topological polar surface area (TPSA) is 52.6 Å². The van der Waals surface area contributed by atoms with E-state index in [0.29, 0.717) is 31.5 Å². The molecule has 1 aliphatic rings. The zero-order valence-corrected chi connectivity index (χ0v) is 10.0. The van der Waals surface area contributed by atoms with Crippen molar-refractivity contribution in [3.05, 3.63) is 29.8 Å². The van der Waals surface area contributed by atoms with Crippen LogP contribution in [0.2, 0.25) is 0 Å². The van der Waals surface area contributed by atoms with Gasteiger partial charge in [0.1, 0.15) is 0 Å². The quantitative estimate of drug-likeness (QED) is 0.811. The van der Waals surface area contributed by atoms with E-state index in [9.17, 15) is 9.90 Å². The molecule has 4 heteroatoms. The standard InChI is InChI=1S/C13H18N2O2/c1-14-11-4-2-10(3-5-11)13(17)15-8-6-12(16)7-9-15/h2-5,12,14,16H,6-9H2,1H3. The lowest BCUT2D eigenvalue weighted by molar-refractivity contribution is 0.0546. The van der Waals surface area contributed by atoms with Crippen LogP contribution in [0.5, 0.6) is 0 Å². The molecule has 0 unspecified atom stereocenters. The maximum absolute atomic E-state index is 12.1. The molecular formula is C13H18N2O2. The van der Waals surface area contributed by atoms with Crippen molar-refractivity contribution in [1.29, 1.82) is 0 Å². The van der Waals surface area contributed by atoms with E-state index in [1.807, 2.05) is 31.3 Å². The second-order valence-corrected chi connectivity index (χ2v) is 4.35. The molecular weight excluding hydrogens is 216 g/mol. The summed E-state index contributed by atoms with van der Waals surface area (Å²) in [6.45, 7) is 1.29. The summed E-state index contributed by atoms with van der Waals surface area (Å²) < 4.78 is 0. The van der Waals surface area contributed by atoms with E-state index >= 15 is 0 Å². The van der Waals surface area contributed by atoms with E-state index in [-0.39, 0.29) is 12.0 Å². The largest absolute Gasteiger partial charge is 0.393 e. The molecule has 1 fully saturated rings. The molecule has 0 saturated carbocycles. The molecule has 0 radical (unpaired) electrons. The van der Waals surface area contributed by atoms with Crippen molar-refractivity contribution in [3.63, 3.8) is 0 Å². The Bertz CT molecular complexity index is 381. The number of carbonyl (C=O) groups is 1. The Balaban J connectivity index is 2.03. The Kier molecular flexibility index (Phi) is 3.64. The van der Waals surface area contributed by atoms with Gasteiger partial charge >= 0.3 is 0 Å². The molecule has 92 valence electrons. The van der Waals surface area contributed by atoms with Crippen LogP contribution in [0.3, 0.4) is 0 Å². The van der Waals surface area contributed by atoms with Gasteiger partial charge in [-0.15, -0.1) is 0 Å². The number of amides is 1. The highest BCUT2D eigenvalue weighted by Gasteiger charge is 2.21. The lowest BCUT2D eigenvalue weighted by Gasteiger charge is -2.29. The summed E-state index contributed by atoms with van der Waals surface area (Å²) in [5.74, 6) is 0.0551. The zero-order valence-electron chi connectivity index (χ0n) is 10.0. The molecule has 2 N–H and O–H groups in total. The van der Waals surface area contributed by atoms with Crippen LogP contribution in [0.4, 0.5) is 5.69 Å². The van der Waals surface area contributed by atoms with Crippen LogP contribution < -0.4 is 5.32 Å². The van der Waals surface area contributed by atoms with Gasteiger partial charge < -0.3 is 15.3 Å². The third kappa shape index (κ3) is 2.77. The average molecular weight is 234 g/mol. The van der Waals surface area contributed by atoms with E-state index in [0.717, 1.165) is 5.69 Å². The molecule has 0 aromatic heterocycles. The van der Waals surface area contributed by atoms with Crippen molar-refractivity contribution in [2.24, 2.45) is 0 Å². The summed E-state index contributed by atoms with van der Waals surface area (Å²) in [5.41, 5.74) is 1.70. The second kappa shape index (κ2) is 5.19. The van der Waals surface area contributed by atoms with Crippen molar-refractivity contribution < 1.29 is 9.90 Å². The fourth-order valence-electron chi connectivity index (χ4n) is 2.03. The van der Waals surface area contributed by atoms with E-state index in [4.69, 9.17) is 0 Å². The molecule has 0 aliphatic carbocycles. The number of rotatable bonds is 2. The van der Waals surface area contributed by atoms with E-state index < -0.39 is 0 Å². The second-order valence-electron chi connectivity index (χ2n) is 4.35. The molecule has 0 bridgehead atoms. The van der Waals surface area contributed by atoms with Gasteiger partial charge in [0, 0.05) is 31.4 Å². The van der Waals surface area contributed by atoms with Crippen LogP contribution in [-0.2, 0) is 0 Å². The molecule has 17 heavy (non-hydrogen) atoms. The molecule has 0 spiro atoms. The number of piperidine rings is 1. The van der Waals surface area contributed by atoms with Crippen molar-refractivity contribution in [2.75, 3.05) is 25.5 Å². The van der Waals surface area contributed by atoms with Gasteiger partial charge in [-0.3, -0.25) is 4.79 Å². The first-order valence-corrected chi connectivity index (χ1v) is 5.96. The summed E-state index contributed by atoms with van der Waals surface area (Å²) in [5, 5.41) is 12.4. The highest BCUT2D eigenvalue weighted by atomic mass is 16.3. The van der Waals surface area contributed by atoms with Gasteiger partial charge in [0.25, 0.3) is 5.91 Å². The van der Waals surface area contributed by atoms with Gasteiger partial charge in [-0.25, -0.2) is 0 Å². The smallest absolute Gasteiger partial charge is 0.253 e. The summed E-state index contributed by atoms with van der Waals surface area (Å²) in [6.07, 6.45) is 1.12. The van der Waals surface area contributed by atoms with Gasteiger partial charge in [-0.2, -0.15) is 0 Å². The van der Waals surface area contributed by atoms with Gasteiger partial charge in [0.15, 0.2) is 0 Å². The average Bonchev–Trinajstić information content (AvgIpc) is 2.39. The molecule has 1 aromatic carbocycles. The fourth-order valence-corrected chi connectivity index (χ4v) is 2.03. The maximum Gasteiger partial charge on any atom is 0.253 e. The summed E-state index contributed by atoms with van der Waals surface area (Å²) >= 11 is 0. The van der Waals surface area contributed by atoms with Crippen LogP contribution in [-0.4, -0.2) is 42.2 Å². The van der Waals surface area contributed by atoms with Crippen LogP contribution in [0, 0.1) is 0 Å². The van der Waals surface area contributed by atoms with Gasteiger partial charge in [0.05, 0.1) is 6.10 Å². The SMILES string of the molecule is CNc1ccc(C(=O)N2CCC(O)CC2)cc1. The van der Waals surface area contributed by atoms with Crippen molar-refractivity contribution in [3.8, 4) is 0 Å². The number of nitrogens with one attached hydrogen (secondary N) is 1.